The molecule has 3 rings (SSSR count). The van der Waals surface area contributed by atoms with Crippen molar-refractivity contribution in [2.45, 2.75) is 27.7 Å². The number of Topliss-reactive ketones (excluding diaryl/α,β-unsaturated/α-hetero) is 1. The van der Waals surface area contributed by atoms with E-state index in [1.165, 1.54) is 0 Å². The standard InChI is InChI=1S/C22H21NO4/c1-13-10-15(3)18(11-14(13)2)19(24)12-26-22(25)20-16(4)27-21(23-20)17-8-6-5-7-9-17/h5-11H,12H2,1-4H3. The molecule has 0 atom stereocenters. The van der Waals surface area contributed by atoms with E-state index in [-0.39, 0.29) is 18.1 Å². The molecule has 0 unspecified atom stereocenters. The fraction of sp³-hybridized carbons (Fsp3) is 0.227. The lowest BCUT2D eigenvalue weighted by atomic mass is 9.98. The van der Waals surface area contributed by atoms with Crippen molar-refractivity contribution in [1.82, 2.24) is 4.98 Å². The highest BCUT2D eigenvalue weighted by Crippen LogP contribution is 2.22. The fourth-order valence-corrected chi connectivity index (χ4v) is 2.83. The van der Waals surface area contributed by atoms with Crippen LogP contribution in [0.25, 0.3) is 11.5 Å². The molecule has 0 aliphatic rings. The van der Waals surface area contributed by atoms with Crippen LogP contribution in [0.4, 0.5) is 0 Å². The predicted molar refractivity (Wildman–Crippen MR) is 102 cm³/mol. The zero-order valence-corrected chi connectivity index (χ0v) is 15.8. The van der Waals surface area contributed by atoms with Crippen molar-refractivity contribution >= 4 is 11.8 Å². The fourth-order valence-electron chi connectivity index (χ4n) is 2.83. The molecule has 0 N–H and O–H groups in total. The first-order chi connectivity index (χ1) is 12.9. The third kappa shape index (κ3) is 3.97. The van der Waals surface area contributed by atoms with Crippen molar-refractivity contribution in [1.29, 1.82) is 0 Å². The van der Waals surface area contributed by atoms with E-state index in [0.29, 0.717) is 17.2 Å². The Labute approximate surface area is 158 Å². The molecule has 1 aromatic heterocycles. The number of benzene rings is 2. The number of hydrogen-bond donors (Lipinski definition) is 0. The van der Waals surface area contributed by atoms with Crippen LogP contribution in [0.1, 0.15) is 43.3 Å². The molecule has 5 nitrogen and oxygen atoms in total. The van der Waals surface area contributed by atoms with E-state index in [0.717, 1.165) is 22.3 Å². The number of carbonyl (C=O) groups excluding carboxylic acids is 2. The Morgan fingerprint density at radius 2 is 1.63 bits per heavy atom. The van der Waals surface area contributed by atoms with E-state index in [9.17, 15) is 9.59 Å². The lowest BCUT2D eigenvalue weighted by molar-refractivity contribution is 0.0467. The lowest BCUT2D eigenvalue weighted by Gasteiger charge is -2.09. The third-order valence-electron chi connectivity index (χ3n) is 4.49. The summed E-state index contributed by atoms with van der Waals surface area (Å²) in [5, 5.41) is 0. The number of carbonyl (C=O) groups is 2. The van der Waals surface area contributed by atoms with Crippen LogP contribution in [-0.4, -0.2) is 23.3 Å². The van der Waals surface area contributed by atoms with Gasteiger partial charge in [-0.15, -0.1) is 0 Å². The molecule has 0 spiro atoms. The van der Waals surface area contributed by atoms with Gasteiger partial charge in [-0.2, -0.15) is 0 Å². The highest BCUT2D eigenvalue weighted by atomic mass is 16.5. The van der Waals surface area contributed by atoms with Gasteiger partial charge in [0.1, 0.15) is 5.76 Å². The Bertz CT molecular complexity index is 1000. The summed E-state index contributed by atoms with van der Waals surface area (Å²) in [7, 11) is 0. The molecule has 1 heterocycles. The quantitative estimate of drug-likeness (QED) is 0.489. The van der Waals surface area contributed by atoms with Crippen molar-refractivity contribution in [3.05, 3.63) is 76.2 Å². The average Bonchev–Trinajstić information content (AvgIpc) is 3.05. The van der Waals surface area contributed by atoms with Crippen LogP contribution in [0, 0.1) is 27.7 Å². The number of esters is 1. The van der Waals surface area contributed by atoms with Crippen molar-refractivity contribution in [3.8, 4) is 11.5 Å². The number of hydrogen-bond acceptors (Lipinski definition) is 5. The maximum atomic E-state index is 12.5. The number of aromatic nitrogens is 1. The van der Waals surface area contributed by atoms with Gasteiger partial charge < -0.3 is 9.15 Å². The molecule has 138 valence electrons. The topological polar surface area (TPSA) is 69.4 Å². The number of nitrogens with zero attached hydrogens (tertiary/aromatic N) is 1. The first-order valence-corrected chi connectivity index (χ1v) is 8.68. The molecule has 0 radical (unpaired) electrons. The van der Waals surface area contributed by atoms with Crippen LogP contribution in [0.5, 0.6) is 0 Å². The second-order valence-electron chi connectivity index (χ2n) is 6.54. The summed E-state index contributed by atoms with van der Waals surface area (Å²) in [6, 6.07) is 13.1. The van der Waals surface area contributed by atoms with Crippen LogP contribution in [0.15, 0.2) is 46.9 Å². The first-order valence-electron chi connectivity index (χ1n) is 8.68. The van der Waals surface area contributed by atoms with Crippen LogP contribution < -0.4 is 0 Å². The molecule has 0 aliphatic carbocycles. The second kappa shape index (κ2) is 7.58. The highest BCUT2D eigenvalue weighted by Gasteiger charge is 2.21. The normalized spacial score (nSPS) is 10.7. The molecule has 0 fully saturated rings. The van der Waals surface area contributed by atoms with Crippen LogP contribution in [-0.2, 0) is 4.74 Å². The summed E-state index contributed by atoms with van der Waals surface area (Å²) >= 11 is 0. The van der Waals surface area contributed by atoms with Gasteiger partial charge in [0.25, 0.3) is 0 Å². The van der Waals surface area contributed by atoms with Crippen molar-refractivity contribution < 1.29 is 18.7 Å². The van der Waals surface area contributed by atoms with Gasteiger partial charge in [0.05, 0.1) is 0 Å². The third-order valence-corrected chi connectivity index (χ3v) is 4.49. The smallest absolute Gasteiger partial charge is 0.361 e. The molecule has 27 heavy (non-hydrogen) atoms. The highest BCUT2D eigenvalue weighted by molar-refractivity contribution is 6.00. The maximum Gasteiger partial charge on any atom is 0.361 e. The maximum absolute atomic E-state index is 12.5. The van der Waals surface area contributed by atoms with Gasteiger partial charge in [0.15, 0.2) is 12.3 Å². The molecule has 0 bridgehead atoms. The van der Waals surface area contributed by atoms with Gasteiger partial charge in [-0.1, -0.05) is 24.3 Å². The zero-order chi connectivity index (χ0) is 19.6. The molecule has 2 aromatic carbocycles. The van der Waals surface area contributed by atoms with Crippen LogP contribution >= 0.6 is 0 Å². The summed E-state index contributed by atoms with van der Waals surface area (Å²) in [6.45, 7) is 7.12. The van der Waals surface area contributed by atoms with Crippen LogP contribution in [0.2, 0.25) is 0 Å². The summed E-state index contributed by atoms with van der Waals surface area (Å²) in [6.07, 6.45) is 0. The minimum Gasteiger partial charge on any atom is -0.452 e. The summed E-state index contributed by atoms with van der Waals surface area (Å²) in [5.74, 6) is -0.216. The number of aryl methyl sites for hydroxylation is 4. The molecule has 3 aromatic rings. The molecule has 0 saturated heterocycles. The van der Waals surface area contributed by atoms with Gasteiger partial charge in [-0.3, -0.25) is 4.79 Å². The monoisotopic (exact) mass is 363 g/mol. The molecular weight excluding hydrogens is 342 g/mol. The minimum atomic E-state index is -0.673. The first kappa shape index (κ1) is 18.6. The van der Waals surface area contributed by atoms with Crippen molar-refractivity contribution in [2.75, 3.05) is 6.61 Å². The van der Waals surface area contributed by atoms with Gasteiger partial charge in [-0.25, -0.2) is 9.78 Å². The van der Waals surface area contributed by atoms with E-state index >= 15 is 0 Å². The lowest BCUT2D eigenvalue weighted by Crippen LogP contribution is -2.16. The molecule has 5 heteroatoms. The minimum absolute atomic E-state index is 0.0819. The van der Waals surface area contributed by atoms with E-state index < -0.39 is 5.97 Å². The Balaban J connectivity index is 1.72. The van der Waals surface area contributed by atoms with Crippen molar-refractivity contribution in [2.24, 2.45) is 0 Å². The van der Waals surface area contributed by atoms with Gasteiger partial charge >= 0.3 is 5.97 Å². The Kier molecular flexibility index (Phi) is 5.21. The average molecular weight is 363 g/mol. The predicted octanol–water partition coefficient (Wildman–Crippen LogP) is 4.61. The van der Waals surface area contributed by atoms with E-state index in [4.69, 9.17) is 9.15 Å². The Morgan fingerprint density at radius 1 is 0.963 bits per heavy atom. The molecule has 0 saturated carbocycles. The largest absolute Gasteiger partial charge is 0.452 e. The Morgan fingerprint density at radius 3 is 2.33 bits per heavy atom. The molecule has 0 amide bonds. The van der Waals surface area contributed by atoms with E-state index in [2.05, 4.69) is 4.98 Å². The van der Waals surface area contributed by atoms with E-state index in [1.54, 1.807) is 6.92 Å². The van der Waals surface area contributed by atoms with E-state index in [1.807, 2.05) is 63.2 Å². The number of ether oxygens (including phenoxy) is 1. The SMILES string of the molecule is Cc1cc(C)c(C(=O)COC(=O)c2nc(-c3ccccc3)oc2C)cc1C. The van der Waals surface area contributed by atoms with Gasteiger partial charge in [0, 0.05) is 11.1 Å². The molecule has 0 aliphatic heterocycles. The zero-order valence-electron chi connectivity index (χ0n) is 15.8. The van der Waals surface area contributed by atoms with Gasteiger partial charge in [0.2, 0.25) is 11.7 Å². The number of rotatable bonds is 5. The number of oxazole rings is 1. The summed E-state index contributed by atoms with van der Waals surface area (Å²) in [5.41, 5.74) is 4.42. The van der Waals surface area contributed by atoms with Crippen LogP contribution in [0.3, 0.4) is 0 Å². The summed E-state index contributed by atoms with van der Waals surface area (Å²) < 4.78 is 10.8. The number of ketones is 1. The van der Waals surface area contributed by atoms with Crippen molar-refractivity contribution in [3.63, 3.8) is 0 Å². The molecular formula is C22H21NO4. The Hall–Kier alpha value is -3.21. The second-order valence-corrected chi connectivity index (χ2v) is 6.54. The summed E-state index contributed by atoms with van der Waals surface area (Å²) in [4.78, 5) is 29.0. The van der Waals surface area contributed by atoms with Gasteiger partial charge in [-0.05, 0) is 62.6 Å².